The van der Waals surface area contributed by atoms with Crippen molar-refractivity contribution in [3.8, 4) is 28.4 Å². The summed E-state index contributed by atoms with van der Waals surface area (Å²) in [4.78, 5) is 15.9. The average molecular weight is 659 g/mol. The Morgan fingerprint density at radius 1 is 1.04 bits per heavy atom. The Kier molecular flexibility index (Phi) is 7.98. The molecule has 230 valence electrons. The number of amides is 1. The van der Waals surface area contributed by atoms with Crippen LogP contribution >= 0.6 is 24.0 Å². The molecule has 3 aliphatic rings. The van der Waals surface area contributed by atoms with Gasteiger partial charge in [-0.1, -0.05) is 67.3 Å². The second kappa shape index (κ2) is 12.1. The maximum absolute atomic E-state index is 13.7. The number of piperidine rings is 1. The first kappa shape index (κ1) is 29.7. The minimum atomic E-state index is -3.68. The third-order valence-electron chi connectivity index (χ3n) is 8.07. The third kappa shape index (κ3) is 5.90. The predicted octanol–water partition coefficient (Wildman–Crippen LogP) is 6.09. The quantitative estimate of drug-likeness (QED) is 0.174. The number of hydrogen-bond acceptors (Lipinski definition) is 8. The molecule has 0 spiro atoms. The van der Waals surface area contributed by atoms with Gasteiger partial charge in [-0.3, -0.25) is 9.69 Å². The van der Waals surface area contributed by atoms with Crippen molar-refractivity contribution in [1.82, 2.24) is 19.0 Å². The third-order valence-corrected chi connectivity index (χ3v) is 11.3. The molecule has 2 fully saturated rings. The van der Waals surface area contributed by atoms with E-state index in [1.165, 1.54) is 11.8 Å². The topological polar surface area (TPSA) is 94.0 Å². The number of aromatic nitrogens is 2. The van der Waals surface area contributed by atoms with Gasteiger partial charge in [-0.25, -0.2) is 13.1 Å². The largest absolute Gasteiger partial charge is 0.454 e. The molecule has 0 saturated carbocycles. The van der Waals surface area contributed by atoms with Gasteiger partial charge in [-0.2, -0.15) is 9.40 Å². The summed E-state index contributed by atoms with van der Waals surface area (Å²) in [7, 11) is -3.68. The van der Waals surface area contributed by atoms with E-state index in [-0.39, 0.29) is 17.6 Å². The fraction of sp³-hybridized carbons (Fsp3) is 0.242. The van der Waals surface area contributed by atoms with Crippen molar-refractivity contribution in [2.45, 2.75) is 31.2 Å². The highest BCUT2D eigenvalue weighted by molar-refractivity contribution is 8.26. The Balaban J connectivity index is 1.23. The first-order chi connectivity index (χ1) is 21.8. The van der Waals surface area contributed by atoms with Crippen LogP contribution in [0.3, 0.4) is 0 Å². The van der Waals surface area contributed by atoms with Crippen molar-refractivity contribution in [3.63, 3.8) is 0 Å². The van der Waals surface area contributed by atoms with Gasteiger partial charge in [-0.05, 0) is 66.8 Å². The highest BCUT2D eigenvalue weighted by Gasteiger charge is 2.33. The highest BCUT2D eigenvalue weighted by Crippen LogP contribution is 2.38. The van der Waals surface area contributed by atoms with E-state index >= 15 is 0 Å². The zero-order chi connectivity index (χ0) is 31.1. The molecular weight excluding hydrogens is 629 g/mol. The van der Waals surface area contributed by atoms with Gasteiger partial charge in [0.1, 0.15) is 10.0 Å². The molecule has 0 bridgehead atoms. The van der Waals surface area contributed by atoms with Gasteiger partial charge < -0.3 is 9.47 Å². The number of thioether (sulfide) groups is 1. The summed E-state index contributed by atoms with van der Waals surface area (Å²) < 4.78 is 41.9. The minimum absolute atomic E-state index is 0.174. The second-order valence-corrected chi connectivity index (χ2v) is 14.9. The van der Waals surface area contributed by atoms with Crippen LogP contribution in [0.1, 0.15) is 30.9 Å². The van der Waals surface area contributed by atoms with Crippen molar-refractivity contribution in [2.24, 2.45) is 5.92 Å². The smallest absolute Gasteiger partial charge is 0.266 e. The lowest BCUT2D eigenvalue weighted by atomic mass is 10.0. The second-order valence-electron chi connectivity index (χ2n) is 11.3. The van der Waals surface area contributed by atoms with Crippen molar-refractivity contribution in [2.75, 3.05) is 19.9 Å². The summed E-state index contributed by atoms with van der Waals surface area (Å²) in [5, 5.41) is 4.88. The van der Waals surface area contributed by atoms with E-state index in [0.717, 1.165) is 24.1 Å². The summed E-state index contributed by atoms with van der Waals surface area (Å²) >= 11 is 6.85. The lowest BCUT2D eigenvalue weighted by molar-refractivity contribution is -0.122. The zero-order valence-electron chi connectivity index (χ0n) is 24.5. The van der Waals surface area contributed by atoms with Crippen LogP contribution in [0.5, 0.6) is 11.5 Å². The number of nitrogens with zero attached hydrogens (tertiary/aromatic N) is 4. The molecule has 0 radical (unpaired) electrons. The molecule has 2 saturated heterocycles. The van der Waals surface area contributed by atoms with Gasteiger partial charge >= 0.3 is 0 Å². The van der Waals surface area contributed by atoms with Crippen LogP contribution in [0.4, 0.5) is 0 Å². The van der Waals surface area contributed by atoms with Crippen LogP contribution in [-0.4, -0.2) is 57.5 Å². The van der Waals surface area contributed by atoms with Gasteiger partial charge in [0.2, 0.25) is 16.8 Å². The number of thiocarbonyl (C=S) groups is 1. The Morgan fingerprint density at radius 3 is 2.69 bits per heavy atom. The van der Waals surface area contributed by atoms with Gasteiger partial charge in [0.05, 0.1) is 22.0 Å². The Bertz CT molecular complexity index is 1940. The summed E-state index contributed by atoms with van der Waals surface area (Å²) in [6, 6.07) is 22.1. The maximum Gasteiger partial charge on any atom is 0.266 e. The summed E-state index contributed by atoms with van der Waals surface area (Å²) in [6.45, 7) is 3.57. The number of rotatable bonds is 7. The molecule has 0 aliphatic carbocycles. The molecule has 1 unspecified atom stereocenters. The fourth-order valence-electron chi connectivity index (χ4n) is 5.75. The van der Waals surface area contributed by atoms with Crippen molar-refractivity contribution in [3.05, 3.63) is 95.0 Å². The predicted molar refractivity (Wildman–Crippen MR) is 177 cm³/mol. The van der Waals surface area contributed by atoms with Gasteiger partial charge in [0, 0.05) is 30.4 Å². The normalized spacial score (nSPS) is 19.5. The number of hydrogen-bond donors (Lipinski definition) is 0. The maximum atomic E-state index is 13.7. The first-order valence-corrected chi connectivity index (χ1v) is 17.3. The average Bonchev–Trinajstić information content (AvgIpc) is 3.76. The van der Waals surface area contributed by atoms with Crippen LogP contribution in [0.25, 0.3) is 23.0 Å². The molecule has 4 heterocycles. The molecule has 12 heteroatoms. The standard InChI is InChI=1S/C33H30N4O5S3/c1-22-7-6-14-35(18-22)45(39,40)27-11-5-8-24(16-27)31-25(20-37(34-31)26-9-3-2-4-10-26)17-30-32(38)36(33(43)44-30)19-23-12-13-28-29(15-23)42-21-41-28/h2-5,8-13,15-17,20,22H,6-7,14,18-19,21H2,1H3/b30-17-. The van der Waals surface area contributed by atoms with E-state index in [1.807, 2.05) is 60.8 Å². The molecule has 1 amide bonds. The minimum Gasteiger partial charge on any atom is -0.454 e. The molecule has 0 N–H and O–H groups in total. The summed E-state index contributed by atoms with van der Waals surface area (Å²) in [5.41, 5.74) is 3.57. The number of carbonyl (C=O) groups is 1. The molecule has 7 rings (SSSR count). The van der Waals surface area contributed by atoms with E-state index in [4.69, 9.17) is 26.8 Å². The van der Waals surface area contributed by atoms with Crippen molar-refractivity contribution < 1.29 is 22.7 Å². The van der Waals surface area contributed by atoms with Gasteiger partial charge in [-0.15, -0.1) is 0 Å². The first-order valence-electron chi connectivity index (χ1n) is 14.7. The Hall–Kier alpha value is -3.97. The molecule has 1 atom stereocenters. The number of fused-ring (bicyclic) bond motifs is 1. The lowest BCUT2D eigenvalue weighted by Gasteiger charge is -2.30. The number of benzene rings is 3. The molecule has 4 aromatic rings. The SMILES string of the molecule is CC1CCCN(S(=O)(=O)c2cccc(-c3nn(-c4ccccc4)cc3/C=C3\SC(=S)N(Cc4ccc5c(c4)OCO5)C3=O)c2)C1. The van der Waals surface area contributed by atoms with Gasteiger partial charge in [0.15, 0.2) is 11.5 Å². The molecule has 3 aromatic carbocycles. The number of ether oxygens (including phenoxy) is 2. The Labute approximate surface area is 271 Å². The number of carbonyl (C=O) groups excluding carboxylic acids is 1. The van der Waals surface area contributed by atoms with E-state index < -0.39 is 10.0 Å². The zero-order valence-corrected chi connectivity index (χ0v) is 26.9. The Morgan fingerprint density at radius 2 is 1.87 bits per heavy atom. The van der Waals surface area contributed by atoms with Gasteiger partial charge in [0.25, 0.3) is 5.91 Å². The van der Waals surface area contributed by atoms with E-state index in [2.05, 4.69) is 6.92 Å². The van der Waals surface area contributed by atoms with Crippen LogP contribution in [0.2, 0.25) is 0 Å². The molecule has 1 aromatic heterocycles. The van der Waals surface area contributed by atoms with Crippen LogP contribution < -0.4 is 9.47 Å². The summed E-state index contributed by atoms with van der Waals surface area (Å²) in [6.07, 6.45) is 5.50. The number of sulfonamides is 1. The molecule has 9 nitrogen and oxygen atoms in total. The van der Waals surface area contributed by atoms with Crippen LogP contribution in [0.15, 0.2) is 88.8 Å². The van der Waals surface area contributed by atoms with Crippen LogP contribution in [0, 0.1) is 5.92 Å². The molecule has 3 aliphatic heterocycles. The summed E-state index contributed by atoms with van der Waals surface area (Å²) in [5.74, 6) is 1.42. The number of para-hydroxylation sites is 1. The lowest BCUT2D eigenvalue weighted by Crippen LogP contribution is -2.39. The fourth-order valence-corrected chi connectivity index (χ4v) is 8.64. The van der Waals surface area contributed by atoms with Crippen molar-refractivity contribution in [1.29, 1.82) is 0 Å². The van der Waals surface area contributed by atoms with Crippen LogP contribution in [-0.2, 0) is 21.4 Å². The van der Waals surface area contributed by atoms with E-state index in [1.54, 1.807) is 38.2 Å². The highest BCUT2D eigenvalue weighted by atomic mass is 32.2. The van der Waals surface area contributed by atoms with E-state index in [0.29, 0.717) is 63.1 Å². The van der Waals surface area contributed by atoms with Crippen molar-refractivity contribution >= 4 is 50.3 Å². The monoisotopic (exact) mass is 658 g/mol. The molecular formula is C33H30N4O5S3. The van der Waals surface area contributed by atoms with E-state index in [9.17, 15) is 13.2 Å². The molecule has 45 heavy (non-hydrogen) atoms.